The van der Waals surface area contributed by atoms with E-state index >= 15 is 0 Å². The van der Waals surface area contributed by atoms with Crippen LogP contribution in [0.15, 0.2) is 0 Å². The molecule has 0 amide bonds. The molecule has 1 aliphatic heterocycles. The quantitative estimate of drug-likeness (QED) is 0.625. The lowest BCUT2D eigenvalue weighted by Gasteiger charge is -2.29. The molecule has 0 bridgehead atoms. The van der Waals surface area contributed by atoms with E-state index in [0.717, 1.165) is 18.0 Å². The van der Waals surface area contributed by atoms with Crippen molar-refractivity contribution in [2.45, 2.75) is 38.8 Å². The first-order valence-electron chi connectivity index (χ1n) is 4.51. The molecule has 1 atom stereocenters. The smallest absolute Gasteiger partial charge is 0.0482 e. The third-order valence-electron chi connectivity index (χ3n) is 2.14. The lowest BCUT2D eigenvalue weighted by Crippen LogP contribution is -2.31. The molecule has 66 valence electrons. The number of rotatable bonds is 4. The summed E-state index contributed by atoms with van der Waals surface area (Å²) in [5.41, 5.74) is 0. The normalized spacial score (nSPS) is 26.2. The molecular formula is C8H17N2O-. The molecule has 1 N–H and O–H groups in total. The molecule has 0 aromatic rings. The van der Waals surface area contributed by atoms with Crippen LogP contribution in [0.2, 0.25) is 0 Å². The lowest BCUT2D eigenvalue weighted by atomic mass is 10.2. The molecule has 1 saturated heterocycles. The van der Waals surface area contributed by atoms with E-state index in [9.17, 15) is 5.21 Å². The molecule has 1 unspecified atom stereocenters. The average molecular weight is 157 g/mol. The van der Waals surface area contributed by atoms with E-state index in [2.05, 4.69) is 12.2 Å². The van der Waals surface area contributed by atoms with Crippen molar-refractivity contribution in [1.82, 2.24) is 10.4 Å². The van der Waals surface area contributed by atoms with E-state index in [1.807, 2.05) is 0 Å². The van der Waals surface area contributed by atoms with Crippen molar-refractivity contribution < 1.29 is 0 Å². The van der Waals surface area contributed by atoms with Gasteiger partial charge in [0.1, 0.15) is 0 Å². The number of nitrogens with one attached hydrogen (secondary N) is 1. The fourth-order valence-electron chi connectivity index (χ4n) is 1.43. The van der Waals surface area contributed by atoms with Gasteiger partial charge in [0.15, 0.2) is 0 Å². The Bertz CT molecular complexity index is 108. The topological polar surface area (TPSA) is 38.3 Å². The van der Waals surface area contributed by atoms with Gasteiger partial charge < -0.3 is 15.6 Å². The lowest BCUT2D eigenvalue weighted by molar-refractivity contribution is 0.306. The first kappa shape index (κ1) is 8.97. The minimum absolute atomic E-state index is 0.113. The van der Waals surface area contributed by atoms with E-state index in [1.165, 1.54) is 19.3 Å². The molecular weight excluding hydrogens is 140 g/mol. The van der Waals surface area contributed by atoms with E-state index < -0.39 is 0 Å². The molecule has 1 aliphatic rings. The highest BCUT2D eigenvalue weighted by Gasteiger charge is 2.14. The van der Waals surface area contributed by atoms with E-state index in [0.29, 0.717) is 6.54 Å². The fraction of sp³-hybridized carbons (Fsp3) is 1.00. The van der Waals surface area contributed by atoms with Gasteiger partial charge in [-0.15, -0.1) is 0 Å². The third kappa shape index (κ3) is 2.77. The zero-order valence-electron chi connectivity index (χ0n) is 7.18. The maximum atomic E-state index is 11.0. The van der Waals surface area contributed by atoms with E-state index in [-0.39, 0.29) is 6.17 Å². The highest BCUT2D eigenvalue weighted by Crippen LogP contribution is 2.09. The van der Waals surface area contributed by atoms with Crippen LogP contribution in [-0.2, 0) is 0 Å². The van der Waals surface area contributed by atoms with Crippen LogP contribution in [0.5, 0.6) is 0 Å². The van der Waals surface area contributed by atoms with Gasteiger partial charge in [-0.05, 0) is 13.0 Å². The number of hydrogen-bond donors (Lipinski definition) is 1. The maximum Gasteiger partial charge on any atom is 0.0482 e. The van der Waals surface area contributed by atoms with Crippen molar-refractivity contribution in [2.75, 3.05) is 13.1 Å². The molecule has 1 heterocycles. The average Bonchev–Trinajstić information content (AvgIpc) is 2.37. The molecule has 0 aromatic heterocycles. The summed E-state index contributed by atoms with van der Waals surface area (Å²) in [7, 11) is 0. The summed E-state index contributed by atoms with van der Waals surface area (Å²) in [5.74, 6) is 0. The van der Waals surface area contributed by atoms with Crippen molar-refractivity contribution in [3.8, 4) is 0 Å². The molecule has 0 radical (unpaired) electrons. The molecule has 3 nitrogen and oxygen atoms in total. The first-order valence-corrected chi connectivity index (χ1v) is 4.51. The van der Waals surface area contributed by atoms with Crippen molar-refractivity contribution in [1.29, 1.82) is 0 Å². The van der Waals surface area contributed by atoms with Gasteiger partial charge in [-0.2, -0.15) is 0 Å². The summed E-state index contributed by atoms with van der Waals surface area (Å²) >= 11 is 0. The minimum Gasteiger partial charge on any atom is -0.784 e. The summed E-state index contributed by atoms with van der Waals surface area (Å²) in [6, 6.07) is 0. The Kier molecular flexibility index (Phi) is 3.83. The van der Waals surface area contributed by atoms with Crippen LogP contribution in [0.4, 0.5) is 0 Å². The molecule has 11 heavy (non-hydrogen) atoms. The molecule has 3 heteroatoms. The van der Waals surface area contributed by atoms with Gasteiger partial charge in [0.2, 0.25) is 0 Å². The monoisotopic (exact) mass is 157 g/mol. The predicted molar refractivity (Wildman–Crippen MR) is 46.0 cm³/mol. The summed E-state index contributed by atoms with van der Waals surface area (Å²) in [4.78, 5) is 0. The maximum absolute atomic E-state index is 11.0. The standard InChI is InChI=1S/C8H17N2O/c1-2-3-4-5-8-9-6-7-10(8)11/h8-9H,2-7H2,1H3/q-1. The molecule has 0 spiro atoms. The number of nitrogens with zero attached hydrogens (tertiary/aromatic N) is 1. The van der Waals surface area contributed by atoms with Crippen LogP contribution in [0, 0.1) is 5.21 Å². The van der Waals surface area contributed by atoms with Crippen molar-refractivity contribution in [3.63, 3.8) is 0 Å². The molecule has 0 aliphatic carbocycles. The van der Waals surface area contributed by atoms with Crippen molar-refractivity contribution in [3.05, 3.63) is 5.21 Å². The van der Waals surface area contributed by atoms with Gasteiger partial charge >= 0.3 is 0 Å². The van der Waals surface area contributed by atoms with Crippen LogP contribution >= 0.6 is 0 Å². The summed E-state index contributed by atoms with van der Waals surface area (Å²) in [6.45, 7) is 3.70. The van der Waals surface area contributed by atoms with Crippen LogP contribution in [0.1, 0.15) is 32.6 Å². The number of hydrogen-bond acceptors (Lipinski definition) is 3. The van der Waals surface area contributed by atoms with Crippen LogP contribution in [0.25, 0.3) is 0 Å². The van der Waals surface area contributed by atoms with Gasteiger partial charge in [-0.3, -0.25) is 0 Å². The van der Waals surface area contributed by atoms with Gasteiger partial charge in [0.25, 0.3) is 0 Å². The third-order valence-corrected chi connectivity index (χ3v) is 2.14. The van der Waals surface area contributed by atoms with E-state index in [1.54, 1.807) is 0 Å². The highest BCUT2D eigenvalue weighted by atomic mass is 16.5. The number of unbranched alkanes of at least 4 members (excludes halogenated alkanes) is 2. The Labute approximate surface area is 68.3 Å². The second-order valence-corrected chi connectivity index (χ2v) is 3.11. The fourth-order valence-corrected chi connectivity index (χ4v) is 1.43. The largest absolute Gasteiger partial charge is 0.784 e. The Morgan fingerprint density at radius 3 is 2.91 bits per heavy atom. The second kappa shape index (κ2) is 4.70. The summed E-state index contributed by atoms with van der Waals surface area (Å²) in [5, 5.41) is 15.4. The Morgan fingerprint density at radius 1 is 1.55 bits per heavy atom. The molecule has 1 rings (SSSR count). The van der Waals surface area contributed by atoms with Gasteiger partial charge in [0.05, 0.1) is 0 Å². The molecule has 0 aromatic carbocycles. The Morgan fingerprint density at radius 2 is 2.36 bits per heavy atom. The van der Waals surface area contributed by atoms with E-state index in [4.69, 9.17) is 0 Å². The van der Waals surface area contributed by atoms with Crippen LogP contribution in [0.3, 0.4) is 0 Å². The summed E-state index contributed by atoms with van der Waals surface area (Å²) < 4.78 is 0. The molecule has 1 fully saturated rings. The van der Waals surface area contributed by atoms with Crippen LogP contribution < -0.4 is 5.32 Å². The zero-order chi connectivity index (χ0) is 8.10. The van der Waals surface area contributed by atoms with Gasteiger partial charge in [-0.25, -0.2) is 0 Å². The molecule has 0 saturated carbocycles. The first-order chi connectivity index (χ1) is 5.34. The SMILES string of the molecule is CCCCCC1NCCN1[O-]. The van der Waals surface area contributed by atoms with Crippen LogP contribution in [-0.4, -0.2) is 24.3 Å². The highest BCUT2D eigenvalue weighted by molar-refractivity contribution is 4.77. The second-order valence-electron chi connectivity index (χ2n) is 3.11. The Hall–Kier alpha value is -0.120. The Balaban J connectivity index is 2.05. The minimum atomic E-state index is 0.113. The summed E-state index contributed by atoms with van der Waals surface area (Å²) in [6.07, 6.45) is 4.77. The predicted octanol–water partition coefficient (Wildman–Crippen LogP) is 1.30. The zero-order valence-corrected chi connectivity index (χ0v) is 7.18. The van der Waals surface area contributed by atoms with Gasteiger partial charge in [0, 0.05) is 12.7 Å². The van der Waals surface area contributed by atoms with Crippen molar-refractivity contribution >= 4 is 0 Å². The number of hydroxylamine groups is 2. The van der Waals surface area contributed by atoms with Crippen molar-refractivity contribution in [2.24, 2.45) is 0 Å². The van der Waals surface area contributed by atoms with Gasteiger partial charge in [-0.1, -0.05) is 26.2 Å².